The molecule has 1 aliphatic carbocycles. The molecule has 0 amide bonds. The van der Waals surface area contributed by atoms with Gasteiger partial charge in [0.05, 0.1) is 27.4 Å². The Hall–Kier alpha value is -3.20. The predicted octanol–water partition coefficient (Wildman–Crippen LogP) is 3.57. The van der Waals surface area contributed by atoms with Crippen molar-refractivity contribution in [2.45, 2.75) is 49.4 Å². The highest BCUT2D eigenvalue weighted by Crippen LogP contribution is 2.40. The molecule has 0 aliphatic heterocycles. The van der Waals surface area contributed by atoms with Crippen molar-refractivity contribution in [3.8, 4) is 23.3 Å². The van der Waals surface area contributed by atoms with Crippen LogP contribution in [0.25, 0.3) is 22.6 Å². The van der Waals surface area contributed by atoms with Gasteiger partial charge < -0.3 is 9.30 Å². The van der Waals surface area contributed by atoms with Crippen LogP contribution in [0.5, 0.6) is 5.75 Å². The maximum absolute atomic E-state index is 13.7. The maximum Gasteiger partial charge on any atom is 0.431 e. The van der Waals surface area contributed by atoms with Crippen LogP contribution in [0.1, 0.15) is 38.4 Å². The molecule has 3 heterocycles. The predicted molar refractivity (Wildman–Crippen MR) is 114 cm³/mol. The number of aromatic nitrogens is 4. The Morgan fingerprint density at radius 2 is 1.94 bits per heavy atom. The van der Waals surface area contributed by atoms with Crippen LogP contribution in [-0.4, -0.2) is 35.2 Å². The number of halogens is 3. The molecule has 4 rings (SSSR count). The summed E-state index contributed by atoms with van der Waals surface area (Å²) in [5.74, 6) is 0.296. The Morgan fingerprint density at radius 1 is 1.27 bits per heavy atom. The van der Waals surface area contributed by atoms with Crippen LogP contribution in [0.2, 0.25) is 0 Å². The monoisotopic (exact) mass is 479 g/mol. The molecular formula is C21H20F3N5O3S. The minimum atomic E-state index is -4.71. The van der Waals surface area contributed by atoms with E-state index >= 15 is 0 Å². The summed E-state index contributed by atoms with van der Waals surface area (Å²) in [5, 5.41) is 9.17. The number of pyridine rings is 2. The van der Waals surface area contributed by atoms with Crippen LogP contribution in [0.3, 0.4) is 0 Å². The quantitative estimate of drug-likeness (QED) is 0.554. The van der Waals surface area contributed by atoms with Crippen LogP contribution in [0.15, 0.2) is 28.0 Å². The smallest absolute Gasteiger partial charge is 0.431 e. The Kier molecular flexibility index (Phi) is 5.35. The Morgan fingerprint density at radius 3 is 2.48 bits per heavy atom. The lowest BCUT2D eigenvalue weighted by atomic mass is 10.2. The molecule has 1 fully saturated rings. The van der Waals surface area contributed by atoms with Gasteiger partial charge in [-0.3, -0.25) is 13.6 Å². The summed E-state index contributed by atoms with van der Waals surface area (Å²) in [4.78, 5) is 21.8. The number of ether oxygens (including phenoxy) is 1. The molecule has 3 aromatic rings. The van der Waals surface area contributed by atoms with Crippen LogP contribution in [-0.2, 0) is 24.0 Å². The van der Waals surface area contributed by atoms with Gasteiger partial charge in [0.25, 0.3) is 5.56 Å². The summed E-state index contributed by atoms with van der Waals surface area (Å²) in [6.07, 6.45) is -0.993. The highest BCUT2D eigenvalue weighted by molar-refractivity contribution is 7.84. The number of alkyl halides is 3. The molecule has 12 heteroatoms. The van der Waals surface area contributed by atoms with E-state index < -0.39 is 39.9 Å². The Balaban J connectivity index is 1.93. The summed E-state index contributed by atoms with van der Waals surface area (Å²) in [6, 6.07) is 3.81. The molecule has 0 bridgehead atoms. The van der Waals surface area contributed by atoms with E-state index in [9.17, 15) is 27.4 Å². The lowest BCUT2D eigenvalue weighted by molar-refractivity contribution is -0.144. The summed E-state index contributed by atoms with van der Waals surface area (Å²) in [7, 11) is -0.0754. The highest BCUT2D eigenvalue weighted by Gasteiger charge is 2.40. The highest BCUT2D eigenvalue weighted by atomic mass is 32.2. The van der Waals surface area contributed by atoms with E-state index in [0.29, 0.717) is 12.8 Å². The van der Waals surface area contributed by atoms with E-state index in [0.717, 1.165) is 10.6 Å². The Labute approximate surface area is 189 Å². The molecule has 1 unspecified atom stereocenters. The lowest BCUT2D eigenvalue weighted by Gasteiger charge is -2.19. The number of fused-ring (bicyclic) bond motifs is 1. The summed E-state index contributed by atoms with van der Waals surface area (Å²) in [6.45, 7) is 3.11. The molecular weight excluding hydrogens is 459 g/mol. The van der Waals surface area contributed by atoms with Crippen molar-refractivity contribution in [3.05, 3.63) is 34.4 Å². The van der Waals surface area contributed by atoms with Gasteiger partial charge in [-0.2, -0.15) is 18.4 Å². The normalized spacial score (nSPS) is 15.5. The molecule has 1 aliphatic rings. The molecule has 0 saturated heterocycles. The summed E-state index contributed by atoms with van der Waals surface area (Å²) in [5.41, 5.74) is -2.95. The van der Waals surface area contributed by atoms with Crippen LogP contribution in [0.4, 0.5) is 13.2 Å². The second kappa shape index (κ2) is 7.69. The largest absolute Gasteiger partial charge is 0.471 e. The fourth-order valence-corrected chi connectivity index (χ4v) is 4.31. The van der Waals surface area contributed by atoms with E-state index in [1.807, 2.05) is 6.07 Å². The molecule has 0 radical (unpaired) electrons. The van der Waals surface area contributed by atoms with Gasteiger partial charge >= 0.3 is 6.18 Å². The third kappa shape index (κ3) is 4.13. The third-order valence-electron chi connectivity index (χ3n) is 5.27. The van der Waals surface area contributed by atoms with Gasteiger partial charge in [-0.15, -0.1) is 0 Å². The van der Waals surface area contributed by atoms with E-state index in [4.69, 9.17) is 4.74 Å². The number of rotatable bonds is 5. The second-order valence-corrected chi connectivity index (χ2v) is 9.71. The van der Waals surface area contributed by atoms with Gasteiger partial charge in [0.15, 0.2) is 11.4 Å². The number of imidazole rings is 1. The number of hydrogen-bond acceptors (Lipinski definition) is 6. The number of nitriles is 1. The van der Waals surface area contributed by atoms with Gasteiger partial charge in [0, 0.05) is 25.4 Å². The van der Waals surface area contributed by atoms with Crippen LogP contribution in [0, 0.1) is 11.3 Å². The number of hydrogen-bond donors (Lipinski definition) is 0. The van der Waals surface area contributed by atoms with Gasteiger partial charge in [0.1, 0.15) is 28.7 Å². The number of aryl methyl sites for hydroxylation is 1. The topological polar surface area (TPSA) is 103 Å². The van der Waals surface area contributed by atoms with Gasteiger partial charge in [0.2, 0.25) is 0 Å². The molecule has 174 valence electrons. The molecule has 33 heavy (non-hydrogen) atoms. The van der Waals surface area contributed by atoms with E-state index in [1.54, 1.807) is 13.8 Å². The molecule has 8 nitrogen and oxygen atoms in total. The first-order valence-electron chi connectivity index (χ1n) is 9.97. The van der Waals surface area contributed by atoms with Gasteiger partial charge in [-0.05, 0) is 32.8 Å². The van der Waals surface area contributed by atoms with Crippen molar-refractivity contribution < 1.29 is 22.1 Å². The summed E-state index contributed by atoms with van der Waals surface area (Å²) >= 11 is 0. The van der Waals surface area contributed by atoms with Crippen molar-refractivity contribution in [3.63, 3.8) is 0 Å². The van der Waals surface area contributed by atoms with Crippen molar-refractivity contribution in [2.24, 2.45) is 7.05 Å². The van der Waals surface area contributed by atoms with Crippen LogP contribution >= 0.6 is 0 Å². The first kappa shape index (κ1) is 23.0. The average Bonchev–Trinajstić information content (AvgIpc) is 3.50. The molecule has 0 N–H and O–H groups in total. The van der Waals surface area contributed by atoms with Gasteiger partial charge in [-0.1, -0.05) is 0 Å². The van der Waals surface area contributed by atoms with Crippen molar-refractivity contribution in [1.82, 2.24) is 19.1 Å². The molecule has 1 saturated carbocycles. The summed E-state index contributed by atoms with van der Waals surface area (Å²) < 4.78 is 61.2. The van der Waals surface area contributed by atoms with Crippen molar-refractivity contribution >= 4 is 21.8 Å². The van der Waals surface area contributed by atoms with Crippen molar-refractivity contribution in [2.75, 3.05) is 6.26 Å². The lowest BCUT2D eigenvalue weighted by Crippen LogP contribution is -2.28. The standard InChI is InChI=1S/C21H20F3N5O3S/c1-20(2,10-25)32-12-7-14(33(4)31)16(26-9-12)18-27-13-8-15(21(22,23)24)29(11-5-6-11)19(30)17(13)28(18)3/h7-9,11H,5-6H2,1-4H3. The first-order valence-corrected chi connectivity index (χ1v) is 11.5. The molecule has 1 atom stereocenters. The molecule has 3 aromatic heterocycles. The van der Waals surface area contributed by atoms with E-state index in [-0.39, 0.29) is 33.2 Å². The Bertz CT molecular complexity index is 1400. The fraction of sp³-hybridized carbons (Fsp3) is 0.429. The number of nitrogens with zero attached hydrogens (tertiary/aromatic N) is 5. The minimum Gasteiger partial charge on any atom is -0.471 e. The molecule has 0 aromatic carbocycles. The maximum atomic E-state index is 13.7. The fourth-order valence-electron chi connectivity index (χ4n) is 3.61. The zero-order valence-corrected chi connectivity index (χ0v) is 19.0. The van der Waals surface area contributed by atoms with E-state index in [1.165, 1.54) is 30.1 Å². The minimum absolute atomic E-state index is 0.00507. The van der Waals surface area contributed by atoms with Gasteiger partial charge in [-0.25, -0.2) is 9.97 Å². The zero-order valence-electron chi connectivity index (χ0n) is 18.2. The second-order valence-electron chi connectivity index (χ2n) is 8.36. The zero-order chi connectivity index (χ0) is 24.3. The van der Waals surface area contributed by atoms with Crippen LogP contribution < -0.4 is 10.3 Å². The SMILES string of the molecule is Cn1c(-c2ncc(OC(C)(C)C#N)cc2S(C)=O)nc2cc(C(F)(F)F)n(C3CC3)c(=O)c21. The van der Waals surface area contributed by atoms with E-state index in [2.05, 4.69) is 9.97 Å². The third-order valence-corrected chi connectivity index (χ3v) is 6.20. The first-order chi connectivity index (χ1) is 15.3. The average molecular weight is 479 g/mol. The van der Waals surface area contributed by atoms with Crippen molar-refractivity contribution in [1.29, 1.82) is 5.26 Å². The molecule has 0 spiro atoms.